The van der Waals surface area contributed by atoms with Crippen LogP contribution in [0.25, 0.3) is 0 Å². The molecule has 0 radical (unpaired) electrons. The summed E-state index contributed by atoms with van der Waals surface area (Å²) in [7, 11) is 1.59. The van der Waals surface area contributed by atoms with Gasteiger partial charge < -0.3 is 20.1 Å². The van der Waals surface area contributed by atoms with Crippen LogP contribution in [0.1, 0.15) is 59.3 Å². The second-order valence-corrected chi connectivity index (χ2v) is 5.26. The Labute approximate surface area is 152 Å². The highest BCUT2D eigenvalue weighted by Crippen LogP contribution is 2.17. The van der Waals surface area contributed by atoms with Crippen LogP contribution in [0, 0.1) is 0 Å². The molecule has 25 heavy (non-hydrogen) atoms. The van der Waals surface area contributed by atoms with E-state index < -0.39 is 0 Å². The minimum Gasteiger partial charge on any atom is -0.383 e. The highest BCUT2D eigenvalue weighted by atomic mass is 16.5. The first-order valence-corrected chi connectivity index (χ1v) is 9.18. The van der Waals surface area contributed by atoms with Crippen molar-refractivity contribution in [1.82, 2.24) is 10.6 Å². The van der Waals surface area contributed by atoms with E-state index in [4.69, 9.17) is 4.74 Å². The first-order chi connectivity index (χ1) is 12.1. The average molecular weight is 360 g/mol. The summed E-state index contributed by atoms with van der Waals surface area (Å²) in [4.78, 5) is 31.8. The fourth-order valence-electron chi connectivity index (χ4n) is 1.70. The number of ketones is 1. The van der Waals surface area contributed by atoms with Crippen molar-refractivity contribution in [2.75, 3.05) is 33.5 Å². The van der Waals surface area contributed by atoms with Gasteiger partial charge in [-0.3, -0.25) is 14.4 Å². The maximum atomic E-state index is 11.3. The van der Waals surface area contributed by atoms with E-state index in [1.165, 1.54) is 6.42 Å². The van der Waals surface area contributed by atoms with Crippen LogP contribution < -0.4 is 10.6 Å². The Morgan fingerprint density at radius 2 is 1.76 bits per heavy atom. The molecule has 0 aromatic heterocycles. The van der Waals surface area contributed by atoms with Gasteiger partial charge in [-0.1, -0.05) is 20.8 Å². The van der Waals surface area contributed by atoms with Crippen LogP contribution in [0.2, 0.25) is 0 Å². The van der Waals surface area contributed by atoms with E-state index in [1.54, 1.807) is 7.11 Å². The normalized spacial score (nSPS) is 12.5. The number of nitrogens with one attached hydrogen (secondary N) is 2. The topological polar surface area (TPSA) is 93.7 Å². The van der Waals surface area contributed by atoms with Crippen LogP contribution in [0.3, 0.4) is 0 Å². The number of hydrogen-bond acceptors (Lipinski definition) is 5. The maximum absolute atomic E-state index is 11.3. The van der Waals surface area contributed by atoms with Crippen LogP contribution in [-0.4, -0.2) is 57.6 Å². The molecule has 0 bridgehead atoms. The lowest BCUT2D eigenvalue weighted by Crippen LogP contribution is -2.39. The lowest BCUT2D eigenvalue weighted by molar-refractivity contribution is -0.123. The first-order valence-electron chi connectivity index (χ1n) is 9.18. The van der Waals surface area contributed by atoms with Gasteiger partial charge in [0.15, 0.2) is 0 Å². The highest BCUT2D eigenvalue weighted by molar-refractivity contribution is 5.78. The molecule has 0 saturated heterocycles. The third kappa shape index (κ3) is 18.7. The smallest absolute Gasteiger partial charge is 0.222 e. The van der Waals surface area contributed by atoms with E-state index in [0.717, 1.165) is 12.8 Å². The summed E-state index contributed by atoms with van der Waals surface area (Å²) in [6.45, 7) is 7.87. The molecule has 0 aliphatic heterocycles. The van der Waals surface area contributed by atoms with Gasteiger partial charge in [-0.25, -0.2) is 0 Å². The van der Waals surface area contributed by atoms with E-state index in [0.29, 0.717) is 58.1 Å². The van der Waals surface area contributed by atoms with Crippen molar-refractivity contribution in [2.45, 2.75) is 65.3 Å². The zero-order valence-electron chi connectivity index (χ0n) is 16.3. The van der Waals surface area contributed by atoms with Crippen molar-refractivity contribution < 1.29 is 23.9 Å². The molecule has 0 heterocycles. The summed E-state index contributed by atoms with van der Waals surface area (Å²) in [6, 6.07) is 0.397. The Bertz CT molecular complexity index is 333. The zero-order valence-corrected chi connectivity index (χ0v) is 16.3. The summed E-state index contributed by atoms with van der Waals surface area (Å²) in [5, 5.41) is 5.38. The van der Waals surface area contributed by atoms with Crippen LogP contribution >= 0.6 is 0 Å². The van der Waals surface area contributed by atoms with Gasteiger partial charge in [-0.15, -0.1) is 0 Å². The molecule has 1 rings (SSSR count). The molecular weight excluding hydrogens is 324 g/mol. The van der Waals surface area contributed by atoms with Crippen molar-refractivity contribution in [3.8, 4) is 0 Å². The first kappa shape index (κ1) is 25.8. The summed E-state index contributed by atoms with van der Waals surface area (Å²) < 4.78 is 9.85. The second-order valence-electron chi connectivity index (χ2n) is 5.26. The summed E-state index contributed by atoms with van der Waals surface area (Å²) in [5.74, 6) is 0.269. The zero-order chi connectivity index (χ0) is 19.3. The molecule has 7 heteroatoms. The fraction of sp³-hybridized carbons (Fsp3) is 0.833. The standard InChI is InChI=1S/C12H21NO3.C4H9NO2.C2H6/c1-2-11(14)6-8-16-9-7-12(15)13-10-4-3-5-10;1-7-3-2-5-4-6;1-2/h10H,2-9H2,1H3,(H,13,15);4H,2-3H2,1H3,(H,5,6);1-2H3. The quantitative estimate of drug-likeness (QED) is 0.409. The maximum Gasteiger partial charge on any atom is 0.222 e. The molecule has 2 amide bonds. The van der Waals surface area contributed by atoms with E-state index in [-0.39, 0.29) is 11.7 Å². The Morgan fingerprint density at radius 1 is 1.12 bits per heavy atom. The van der Waals surface area contributed by atoms with Gasteiger partial charge in [0.05, 0.1) is 19.8 Å². The van der Waals surface area contributed by atoms with Crippen LogP contribution in [0.5, 0.6) is 0 Å². The summed E-state index contributed by atoms with van der Waals surface area (Å²) in [6.07, 6.45) is 5.51. The molecule has 0 aromatic rings. The molecule has 0 atom stereocenters. The summed E-state index contributed by atoms with van der Waals surface area (Å²) >= 11 is 0. The number of rotatable bonds is 12. The second kappa shape index (κ2) is 20.6. The monoisotopic (exact) mass is 360 g/mol. The van der Waals surface area contributed by atoms with Crippen LogP contribution in [0.15, 0.2) is 0 Å². The Balaban J connectivity index is 0. The molecule has 148 valence electrons. The molecule has 0 unspecified atom stereocenters. The third-order valence-corrected chi connectivity index (χ3v) is 3.40. The molecule has 1 aliphatic carbocycles. The number of carbonyl (C=O) groups excluding carboxylic acids is 3. The van der Waals surface area contributed by atoms with Gasteiger partial charge >= 0.3 is 0 Å². The SMILES string of the molecule is CC.CCC(=O)CCOCCC(=O)NC1CCC1.COCCNC=O. The predicted octanol–water partition coefficient (Wildman–Crippen LogP) is 1.84. The van der Waals surface area contributed by atoms with Gasteiger partial charge in [-0.05, 0) is 19.3 Å². The lowest BCUT2D eigenvalue weighted by atomic mass is 9.93. The van der Waals surface area contributed by atoms with Crippen molar-refractivity contribution in [2.24, 2.45) is 0 Å². The molecule has 0 spiro atoms. The number of amides is 2. The van der Waals surface area contributed by atoms with Crippen LogP contribution in [-0.2, 0) is 23.9 Å². The van der Waals surface area contributed by atoms with E-state index in [1.807, 2.05) is 20.8 Å². The molecule has 1 saturated carbocycles. The number of Topliss-reactive ketones (excluding diaryl/α,β-unsaturated/α-hetero) is 1. The van der Waals surface area contributed by atoms with E-state index in [9.17, 15) is 14.4 Å². The Hall–Kier alpha value is -1.47. The number of ether oxygens (including phenoxy) is 2. The predicted molar refractivity (Wildman–Crippen MR) is 98.4 cm³/mol. The van der Waals surface area contributed by atoms with Crippen LogP contribution in [0.4, 0.5) is 0 Å². The minimum atomic E-state index is 0.0616. The van der Waals surface area contributed by atoms with Crippen molar-refractivity contribution in [3.05, 3.63) is 0 Å². The number of hydrogen-bond donors (Lipinski definition) is 2. The highest BCUT2D eigenvalue weighted by Gasteiger charge is 2.18. The molecule has 1 aliphatic rings. The third-order valence-electron chi connectivity index (χ3n) is 3.40. The van der Waals surface area contributed by atoms with Crippen molar-refractivity contribution in [1.29, 1.82) is 0 Å². The van der Waals surface area contributed by atoms with Crippen molar-refractivity contribution in [3.63, 3.8) is 0 Å². The molecule has 1 fully saturated rings. The Morgan fingerprint density at radius 3 is 2.24 bits per heavy atom. The lowest BCUT2D eigenvalue weighted by Gasteiger charge is -2.26. The number of carbonyl (C=O) groups is 3. The number of methoxy groups -OCH3 is 1. The van der Waals surface area contributed by atoms with Crippen molar-refractivity contribution >= 4 is 18.1 Å². The minimum absolute atomic E-state index is 0.0616. The van der Waals surface area contributed by atoms with Gasteiger partial charge in [0.1, 0.15) is 5.78 Å². The summed E-state index contributed by atoms with van der Waals surface area (Å²) in [5.41, 5.74) is 0. The van der Waals surface area contributed by atoms with Gasteiger partial charge in [0, 0.05) is 39.0 Å². The average Bonchev–Trinajstić information content (AvgIpc) is 2.60. The molecule has 7 nitrogen and oxygen atoms in total. The van der Waals surface area contributed by atoms with E-state index in [2.05, 4.69) is 15.4 Å². The van der Waals surface area contributed by atoms with Gasteiger partial charge in [0.2, 0.25) is 12.3 Å². The largest absolute Gasteiger partial charge is 0.383 e. The fourth-order valence-corrected chi connectivity index (χ4v) is 1.70. The Kier molecular flexibility index (Phi) is 21.2. The molecule has 2 N–H and O–H groups in total. The van der Waals surface area contributed by atoms with Gasteiger partial charge in [0.25, 0.3) is 0 Å². The molecule has 0 aromatic carbocycles. The van der Waals surface area contributed by atoms with Gasteiger partial charge in [-0.2, -0.15) is 0 Å². The molecular formula is C18H36N2O5. The van der Waals surface area contributed by atoms with E-state index >= 15 is 0 Å².